The third-order valence-electron chi connectivity index (χ3n) is 3.48. The first-order valence-electron chi connectivity index (χ1n) is 6.77. The number of aryl methyl sites for hydroxylation is 1. The van der Waals surface area contributed by atoms with Crippen molar-refractivity contribution < 1.29 is 10.0 Å². The highest BCUT2D eigenvalue weighted by atomic mass is 16.6. The zero-order valence-electron chi connectivity index (χ0n) is 13.1. The first-order chi connectivity index (χ1) is 11.3. The number of aromatic hydroxyl groups is 1. The van der Waals surface area contributed by atoms with E-state index >= 15 is 0 Å². The van der Waals surface area contributed by atoms with Crippen molar-refractivity contribution >= 4 is 17.1 Å². The Labute approximate surface area is 136 Å². The van der Waals surface area contributed by atoms with Crippen molar-refractivity contribution in [3.63, 3.8) is 0 Å². The summed E-state index contributed by atoms with van der Waals surface area (Å²) in [6, 6.07) is 6.18. The van der Waals surface area contributed by atoms with Crippen LogP contribution in [0.3, 0.4) is 0 Å². The number of pyridine rings is 1. The van der Waals surface area contributed by atoms with Crippen molar-refractivity contribution in [1.29, 1.82) is 5.26 Å². The molecule has 0 unspecified atom stereocenters. The van der Waals surface area contributed by atoms with Gasteiger partial charge in [-0.25, -0.2) is 0 Å². The second-order valence-corrected chi connectivity index (χ2v) is 5.10. The van der Waals surface area contributed by atoms with Crippen molar-refractivity contribution in [3.05, 3.63) is 55.4 Å². The van der Waals surface area contributed by atoms with Gasteiger partial charge >= 0.3 is 0 Å². The molecule has 0 spiro atoms. The van der Waals surface area contributed by atoms with E-state index < -0.39 is 16.4 Å². The number of nitro benzene ring substituents is 1. The lowest BCUT2D eigenvalue weighted by molar-refractivity contribution is -0.384. The van der Waals surface area contributed by atoms with Gasteiger partial charge in [-0.05, 0) is 25.5 Å². The number of azo groups is 1. The maximum absolute atomic E-state index is 12.2. The van der Waals surface area contributed by atoms with E-state index in [1.165, 1.54) is 26.1 Å². The van der Waals surface area contributed by atoms with Crippen LogP contribution in [-0.4, -0.2) is 14.6 Å². The monoisotopic (exact) mass is 327 g/mol. The lowest BCUT2D eigenvalue weighted by Gasteiger charge is -2.08. The molecule has 2 aromatic rings. The molecule has 0 aliphatic rings. The van der Waals surface area contributed by atoms with Gasteiger partial charge in [0.1, 0.15) is 11.6 Å². The molecule has 24 heavy (non-hydrogen) atoms. The lowest BCUT2D eigenvalue weighted by Crippen LogP contribution is -2.18. The van der Waals surface area contributed by atoms with Gasteiger partial charge < -0.3 is 5.11 Å². The van der Waals surface area contributed by atoms with Gasteiger partial charge in [-0.2, -0.15) is 5.26 Å². The molecule has 0 radical (unpaired) electrons. The number of rotatable bonds is 3. The second kappa shape index (κ2) is 6.29. The summed E-state index contributed by atoms with van der Waals surface area (Å²) < 4.78 is 0.865. The number of hydrogen-bond donors (Lipinski definition) is 1. The summed E-state index contributed by atoms with van der Waals surface area (Å²) in [5, 5.41) is 37.5. The van der Waals surface area contributed by atoms with Crippen LogP contribution >= 0.6 is 0 Å². The fourth-order valence-corrected chi connectivity index (χ4v) is 2.09. The predicted molar refractivity (Wildman–Crippen MR) is 84.8 cm³/mol. The van der Waals surface area contributed by atoms with Crippen molar-refractivity contribution in [2.24, 2.45) is 17.3 Å². The van der Waals surface area contributed by atoms with Gasteiger partial charge in [0.15, 0.2) is 11.4 Å². The van der Waals surface area contributed by atoms with Crippen LogP contribution in [0.25, 0.3) is 0 Å². The van der Waals surface area contributed by atoms with Crippen molar-refractivity contribution in [2.45, 2.75) is 13.8 Å². The average molecular weight is 327 g/mol. The molecule has 0 fully saturated rings. The van der Waals surface area contributed by atoms with Crippen molar-refractivity contribution in [1.82, 2.24) is 4.57 Å². The highest BCUT2D eigenvalue weighted by molar-refractivity contribution is 5.60. The molecule has 9 heteroatoms. The molecule has 0 atom stereocenters. The van der Waals surface area contributed by atoms with Gasteiger partial charge in [0.2, 0.25) is 5.88 Å². The smallest absolute Gasteiger partial charge is 0.296 e. The zero-order chi connectivity index (χ0) is 18.0. The van der Waals surface area contributed by atoms with Crippen LogP contribution in [0.15, 0.2) is 33.2 Å². The second-order valence-electron chi connectivity index (χ2n) is 5.10. The largest absolute Gasteiger partial charge is 0.493 e. The van der Waals surface area contributed by atoms with Crippen LogP contribution < -0.4 is 5.56 Å². The van der Waals surface area contributed by atoms with Crippen molar-refractivity contribution in [3.8, 4) is 11.9 Å². The van der Waals surface area contributed by atoms with E-state index in [0.29, 0.717) is 5.56 Å². The molecule has 0 amide bonds. The van der Waals surface area contributed by atoms with Crippen LogP contribution in [0.1, 0.15) is 16.7 Å². The van der Waals surface area contributed by atoms with E-state index in [-0.39, 0.29) is 28.2 Å². The summed E-state index contributed by atoms with van der Waals surface area (Å²) in [6.45, 7) is 3.14. The van der Waals surface area contributed by atoms with Crippen molar-refractivity contribution in [2.75, 3.05) is 0 Å². The molecule has 0 saturated carbocycles. The molecular formula is C15H13N5O4. The molecule has 0 saturated heterocycles. The molecule has 122 valence electrons. The Morgan fingerprint density at radius 3 is 2.58 bits per heavy atom. The number of nitriles is 1. The van der Waals surface area contributed by atoms with Gasteiger partial charge in [-0.1, -0.05) is 6.07 Å². The molecule has 0 bridgehead atoms. The summed E-state index contributed by atoms with van der Waals surface area (Å²) in [5.74, 6) is -0.472. The number of aromatic nitrogens is 1. The Morgan fingerprint density at radius 1 is 1.33 bits per heavy atom. The molecule has 0 aliphatic heterocycles. The van der Waals surface area contributed by atoms with Crippen LogP contribution in [0.5, 0.6) is 5.88 Å². The van der Waals surface area contributed by atoms with E-state index in [0.717, 1.165) is 4.57 Å². The topological polar surface area (TPSA) is 134 Å². The SMILES string of the molecule is Cc1ccc(N=Nc2c(C)c(C#N)c(O)n(C)c2=O)c([N+](=O)[O-])c1. The zero-order valence-corrected chi connectivity index (χ0v) is 13.1. The molecular weight excluding hydrogens is 314 g/mol. The minimum absolute atomic E-state index is 0.0152. The Bertz CT molecular complexity index is 969. The number of nitro groups is 1. The van der Waals surface area contributed by atoms with Gasteiger partial charge in [0, 0.05) is 18.7 Å². The summed E-state index contributed by atoms with van der Waals surface area (Å²) in [5.41, 5.74) is -0.361. The van der Waals surface area contributed by atoms with Crippen LogP contribution in [0, 0.1) is 35.3 Å². The molecule has 1 N–H and O–H groups in total. The molecule has 0 aliphatic carbocycles. The molecule has 1 aromatic carbocycles. The van der Waals surface area contributed by atoms with E-state index in [4.69, 9.17) is 5.26 Å². The highest BCUT2D eigenvalue weighted by Gasteiger charge is 2.18. The Morgan fingerprint density at radius 2 is 2.00 bits per heavy atom. The van der Waals surface area contributed by atoms with Crippen LogP contribution in [-0.2, 0) is 7.05 Å². The molecule has 1 heterocycles. The summed E-state index contributed by atoms with van der Waals surface area (Å²) >= 11 is 0. The van der Waals surface area contributed by atoms with Gasteiger partial charge in [-0.3, -0.25) is 19.5 Å². The van der Waals surface area contributed by atoms with Gasteiger partial charge in [0.05, 0.1) is 4.92 Å². The lowest BCUT2D eigenvalue weighted by atomic mass is 10.1. The maximum atomic E-state index is 12.2. The van der Waals surface area contributed by atoms with E-state index in [1.807, 2.05) is 0 Å². The Balaban J connectivity index is 2.64. The molecule has 2 rings (SSSR count). The quantitative estimate of drug-likeness (QED) is 0.525. The van der Waals surface area contributed by atoms with E-state index in [9.17, 15) is 20.0 Å². The van der Waals surface area contributed by atoms with Gasteiger partial charge in [-0.15, -0.1) is 10.2 Å². The predicted octanol–water partition coefficient (Wildman–Crippen LogP) is 2.90. The third kappa shape index (κ3) is 2.85. The highest BCUT2D eigenvalue weighted by Crippen LogP contribution is 2.31. The maximum Gasteiger partial charge on any atom is 0.296 e. The Kier molecular flexibility index (Phi) is 4.41. The minimum Gasteiger partial charge on any atom is -0.493 e. The van der Waals surface area contributed by atoms with E-state index in [2.05, 4.69) is 10.2 Å². The fraction of sp³-hybridized carbons (Fsp3) is 0.200. The number of hydrogen-bond acceptors (Lipinski definition) is 7. The summed E-state index contributed by atoms with van der Waals surface area (Å²) in [6.07, 6.45) is 0. The molecule has 9 nitrogen and oxygen atoms in total. The number of benzene rings is 1. The standard InChI is InChI=1S/C15H13N5O4/c1-8-4-5-11(12(6-8)20(23)24)17-18-13-9(2)10(7-16)14(21)19(3)15(13)22/h4-6,21H,1-3H3. The fourth-order valence-electron chi connectivity index (χ4n) is 2.09. The summed E-state index contributed by atoms with van der Waals surface area (Å²) in [7, 11) is 1.28. The molecule has 1 aromatic heterocycles. The first-order valence-corrected chi connectivity index (χ1v) is 6.77. The minimum atomic E-state index is -0.664. The average Bonchev–Trinajstić information content (AvgIpc) is 2.54. The number of nitrogens with zero attached hydrogens (tertiary/aromatic N) is 5. The third-order valence-corrected chi connectivity index (χ3v) is 3.48. The normalized spacial score (nSPS) is 10.8. The van der Waals surface area contributed by atoms with Crippen LogP contribution in [0.4, 0.5) is 17.1 Å². The van der Waals surface area contributed by atoms with Gasteiger partial charge in [0.25, 0.3) is 11.2 Å². The van der Waals surface area contributed by atoms with Crippen LogP contribution in [0.2, 0.25) is 0 Å². The summed E-state index contributed by atoms with van der Waals surface area (Å²) in [4.78, 5) is 22.7. The van der Waals surface area contributed by atoms with E-state index in [1.54, 1.807) is 19.1 Å². The first kappa shape index (κ1) is 16.8. The Hall–Kier alpha value is -3.54.